The minimum absolute atomic E-state index is 0.426. The molecule has 0 unspecified atom stereocenters. The first-order valence-electron chi connectivity index (χ1n) is 3.50. The van der Waals surface area contributed by atoms with Crippen LogP contribution in [0.3, 0.4) is 0 Å². The average Bonchev–Trinajstić information content (AvgIpc) is 2.48. The fourth-order valence-electron chi connectivity index (χ4n) is 1.71. The first kappa shape index (κ1) is 6.12. The molecule has 2 rings (SSSR count). The second-order valence-corrected chi connectivity index (χ2v) is 2.80. The van der Waals surface area contributed by atoms with Crippen molar-refractivity contribution in [2.24, 2.45) is 0 Å². The molecular weight excluding hydrogens is 132 g/mol. The minimum Gasteiger partial charge on any atom is -0.370 e. The van der Waals surface area contributed by atoms with Crippen LogP contribution in [0.1, 0.15) is 6.42 Å². The van der Waals surface area contributed by atoms with Crippen molar-refractivity contribution < 1.29 is 9.63 Å². The Hall–Kier alpha value is -0.610. The van der Waals surface area contributed by atoms with Crippen molar-refractivity contribution in [3.63, 3.8) is 0 Å². The van der Waals surface area contributed by atoms with Gasteiger partial charge in [0.25, 0.3) is 0 Å². The van der Waals surface area contributed by atoms with Crippen molar-refractivity contribution in [3.8, 4) is 0 Å². The van der Waals surface area contributed by atoms with Gasteiger partial charge in [-0.25, -0.2) is 0 Å². The quantitative estimate of drug-likeness (QED) is 0.508. The smallest absolute Gasteiger partial charge is 0.313 e. The lowest BCUT2D eigenvalue weighted by Crippen LogP contribution is -2.43. The van der Waals surface area contributed by atoms with Crippen molar-refractivity contribution >= 4 is 6.47 Å². The van der Waals surface area contributed by atoms with Crippen LogP contribution < -0.4 is 5.32 Å². The summed E-state index contributed by atoms with van der Waals surface area (Å²) in [6.45, 7) is 2.31. The van der Waals surface area contributed by atoms with Gasteiger partial charge >= 0.3 is 6.47 Å². The van der Waals surface area contributed by atoms with E-state index in [0.717, 1.165) is 19.5 Å². The molecule has 2 aliphatic heterocycles. The number of nitrogens with zero attached hydrogens (tertiary/aromatic N) is 1. The summed E-state index contributed by atoms with van der Waals surface area (Å²) in [7, 11) is 0. The van der Waals surface area contributed by atoms with E-state index in [1.807, 2.05) is 0 Å². The minimum atomic E-state index is 0.426. The van der Waals surface area contributed by atoms with E-state index in [2.05, 4.69) is 5.32 Å². The molecule has 0 spiro atoms. The van der Waals surface area contributed by atoms with E-state index in [0.29, 0.717) is 18.6 Å². The van der Waals surface area contributed by atoms with Crippen LogP contribution in [0.2, 0.25) is 0 Å². The summed E-state index contributed by atoms with van der Waals surface area (Å²) in [6, 6.07) is 0.972. The monoisotopic (exact) mass is 142 g/mol. The number of hydrogen-bond donors (Lipinski definition) is 1. The molecule has 0 aromatic heterocycles. The predicted octanol–water partition coefficient (Wildman–Crippen LogP) is -0.880. The largest absolute Gasteiger partial charge is 0.370 e. The molecule has 2 aliphatic rings. The molecule has 2 heterocycles. The highest BCUT2D eigenvalue weighted by atomic mass is 16.7. The van der Waals surface area contributed by atoms with E-state index in [1.165, 1.54) is 0 Å². The van der Waals surface area contributed by atoms with Gasteiger partial charge in [-0.05, 0) is 6.42 Å². The van der Waals surface area contributed by atoms with Crippen LogP contribution in [0.15, 0.2) is 0 Å². The Balaban J connectivity index is 1.95. The molecule has 0 aromatic carbocycles. The molecule has 0 saturated carbocycles. The van der Waals surface area contributed by atoms with Crippen LogP contribution >= 0.6 is 0 Å². The summed E-state index contributed by atoms with van der Waals surface area (Å²) in [4.78, 5) is 14.7. The Morgan fingerprint density at radius 1 is 1.70 bits per heavy atom. The standard InChI is InChI=1S/C6H10N2O2/c9-4-10-8-3-5-1-6(8)2-7-5/h4-7H,1-3H2/t5-,6-/m0/s1. The second kappa shape index (κ2) is 2.21. The van der Waals surface area contributed by atoms with E-state index in [1.54, 1.807) is 5.06 Å². The number of piperazine rings is 1. The molecule has 0 aromatic rings. The van der Waals surface area contributed by atoms with Crippen molar-refractivity contribution in [1.82, 2.24) is 10.4 Å². The predicted molar refractivity (Wildman–Crippen MR) is 34.1 cm³/mol. The summed E-state index contributed by atoms with van der Waals surface area (Å²) in [6.07, 6.45) is 1.12. The lowest BCUT2D eigenvalue weighted by atomic mass is 10.2. The van der Waals surface area contributed by atoms with Gasteiger partial charge in [0.1, 0.15) is 0 Å². The summed E-state index contributed by atoms with van der Waals surface area (Å²) in [5, 5.41) is 5.06. The van der Waals surface area contributed by atoms with Crippen LogP contribution in [-0.2, 0) is 9.63 Å². The van der Waals surface area contributed by atoms with E-state index < -0.39 is 0 Å². The summed E-state index contributed by atoms with van der Waals surface area (Å²) in [5.74, 6) is 0. The number of carbonyl (C=O) groups is 1. The van der Waals surface area contributed by atoms with E-state index in [4.69, 9.17) is 4.84 Å². The maximum atomic E-state index is 9.95. The zero-order chi connectivity index (χ0) is 6.97. The van der Waals surface area contributed by atoms with Gasteiger partial charge in [-0.15, -0.1) is 5.06 Å². The zero-order valence-corrected chi connectivity index (χ0v) is 5.62. The van der Waals surface area contributed by atoms with Crippen LogP contribution in [0.4, 0.5) is 0 Å². The highest BCUT2D eigenvalue weighted by Gasteiger charge is 2.38. The highest BCUT2D eigenvalue weighted by molar-refractivity contribution is 5.36. The third-order valence-electron chi connectivity index (χ3n) is 2.18. The average molecular weight is 142 g/mol. The molecule has 2 saturated heterocycles. The highest BCUT2D eigenvalue weighted by Crippen LogP contribution is 2.22. The molecular formula is C6H10N2O2. The molecule has 2 bridgehead atoms. The molecule has 2 atom stereocenters. The van der Waals surface area contributed by atoms with E-state index in [9.17, 15) is 4.79 Å². The summed E-state index contributed by atoms with van der Waals surface area (Å²) in [5.41, 5.74) is 0. The first-order chi connectivity index (χ1) is 4.90. The van der Waals surface area contributed by atoms with E-state index in [-0.39, 0.29) is 0 Å². The normalized spacial score (nSPS) is 38.4. The molecule has 0 amide bonds. The molecule has 4 nitrogen and oxygen atoms in total. The maximum Gasteiger partial charge on any atom is 0.313 e. The van der Waals surface area contributed by atoms with Crippen molar-refractivity contribution in [3.05, 3.63) is 0 Å². The SMILES string of the molecule is O=CON1C[C@@H]2C[C@H]1CN2. The third-order valence-corrected chi connectivity index (χ3v) is 2.18. The van der Waals surface area contributed by atoms with Gasteiger partial charge in [0.2, 0.25) is 0 Å². The van der Waals surface area contributed by atoms with Crippen LogP contribution in [0, 0.1) is 0 Å². The molecule has 56 valence electrons. The zero-order valence-electron chi connectivity index (χ0n) is 5.62. The number of hydroxylamine groups is 2. The summed E-state index contributed by atoms with van der Waals surface area (Å²) >= 11 is 0. The van der Waals surface area contributed by atoms with Crippen molar-refractivity contribution in [2.75, 3.05) is 13.1 Å². The third kappa shape index (κ3) is 0.803. The van der Waals surface area contributed by atoms with Crippen LogP contribution in [0.25, 0.3) is 0 Å². The summed E-state index contributed by atoms with van der Waals surface area (Å²) < 4.78 is 0. The number of carbonyl (C=O) groups excluding carboxylic acids is 1. The Bertz CT molecular complexity index is 151. The number of nitrogens with one attached hydrogen (secondary N) is 1. The lowest BCUT2D eigenvalue weighted by Gasteiger charge is -2.23. The number of hydrogen-bond acceptors (Lipinski definition) is 4. The van der Waals surface area contributed by atoms with Gasteiger partial charge in [-0.3, -0.25) is 4.79 Å². The molecule has 2 fully saturated rings. The molecule has 1 N–H and O–H groups in total. The Labute approximate surface area is 59.1 Å². The van der Waals surface area contributed by atoms with Gasteiger partial charge in [0, 0.05) is 12.6 Å². The van der Waals surface area contributed by atoms with Crippen molar-refractivity contribution in [1.29, 1.82) is 0 Å². The van der Waals surface area contributed by atoms with Gasteiger partial charge in [-0.1, -0.05) is 0 Å². The first-order valence-corrected chi connectivity index (χ1v) is 3.50. The van der Waals surface area contributed by atoms with Gasteiger partial charge in [0.15, 0.2) is 0 Å². The van der Waals surface area contributed by atoms with Crippen LogP contribution in [0.5, 0.6) is 0 Å². The number of fused-ring (bicyclic) bond motifs is 2. The van der Waals surface area contributed by atoms with Gasteiger partial charge in [0.05, 0.1) is 12.6 Å². The van der Waals surface area contributed by atoms with Gasteiger partial charge < -0.3 is 10.2 Å². The van der Waals surface area contributed by atoms with Gasteiger partial charge in [-0.2, -0.15) is 0 Å². The fraction of sp³-hybridized carbons (Fsp3) is 0.833. The van der Waals surface area contributed by atoms with Crippen molar-refractivity contribution in [2.45, 2.75) is 18.5 Å². The van der Waals surface area contributed by atoms with E-state index >= 15 is 0 Å². The molecule has 0 aliphatic carbocycles. The second-order valence-electron chi connectivity index (χ2n) is 2.80. The number of rotatable bonds is 2. The van der Waals surface area contributed by atoms with Crippen LogP contribution in [-0.4, -0.2) is 36.7 Å². The lowest BCUT2D eigenvalue weighted by molar-refractivity contribution is -0.179. The molecule has 10 heavy (non-hydrogen) atoms. The Morgan fingerprint density at radius 2 is 2.60 bits per heavy atom. The maximum absolute atomic E-state index is 9.95. The Kier molecular flexibility index (Phi) is 1.35. The topological polar surface area (TPSA) is 41.6 Å². The molecule has 4 heteroatoms. The fourth-order valence-corrected chi connectivity index (χ4v) is 1.71. The molecule has 0 radical (unpaired) electrons. The Morgan fingerprint density at radius 3 is 3.10 bits per heavy atom.